The molecule has 1 fully saturated rings. The number of carbonyl (C=O) groups excluding carboxylic acids is 1. The van der Waals surface area contributed by atoms with Gasteiger partial charge in [-0.15, -0.1) is 0 Å². The lowest BCUT2D eigenvalue weighted by Crippen LogP contribution is -2.40. The zero-order valence-corrected chi connectivity index (χ0v) is 17.8. The monoisotopic (exact) mass is 450 g/mol. The maximum atomic E-state index is 13.1. The van der Waals surface area contributed by atoms with Crippen LogP contribution in [0.25, 0.3) is 0 Å². The molecule has 27 heavy (non-hydrogen) atoms. The smallest absolute Gasteiger partial charge is 0.254 e. The molecule has 0 unspecified atom stereocenters. The van der Waals surface area contributed by atoms with Crippen molar-refractivity contribution in [1.29, 1.82) is 0 Å². The Morgan fingerprint density at radius 2 is 1.70 bits per heavy atom. The molecule has 1 atom stereocenters. The molecule has 0 aromatic heterocycles. The third-order valence-corrected chi connectivity index (χ3v) is 7.09. The number of benzene rings is 2. The minimum Gasteiger partial charge on any atom is -0.378 e. The minimum atomic E-state index is -3.08. The van der Waals surface area contributed by atoms with E-state index in [0.29, 0.717) is 18.5 Å². The predicted molar refractivity (Wildman–Crippen MR) is 112 cm³/mol. The third kappa shape index (κ3) is 4.90. The fraction of sp³-hybridized carbons (Fsp3) is 0.350. The van der Waals surface area contributed by atoms with E-state index >= 15 is 0 Å². The molecule has 5 nitrogen and oxygen atoms in total. The van der Waals surface area contributed by atoms with Gasteiger partial charge in [0, 0.05) is 42.4 Å². The average molecular weight is 451 g/mol. The summed E-state index contributed by atoms with van der Waals surface area (Å²) in [6.07, 6.45) is 0.486. The van der Waals surface area contributed by atoms with Crippen LogP contribution in [0.15, 0.2) is 53.0 Å². The number of amides is 1. The highest BCUT2D eigenvalue weighted by Gasteiger charge is 2.35. The zero-order chi connectivity index (χ0) is 19.6. The van der Waals surface area contributed by atoms with Crippen LogP contribution in [-0.2, 0) is 16.4 Å². The van der Waals surface area contributed by atoms with Crippen molar-refractivity contribution in [3.05, 3.63) is 64.1 Å². The Hall–Kier alpha value is -1.86. The van der Waals surface area contributed by atoms with E-state index < -0.39 is 9.84 Å². The first-order valence-electron chi connectivity index (χ1n) is 8.78. The van der Waals surface area contributed by atoms with E-state index in [1.807, 2.05) is 55.4 Å². The van der Waals surface area contributed by atoms with Crippen molar-refractivity contribution in [2.75, 3.05) is 30.5 Å². The molecule has 1 aliphatic heterocycles. The molecule has 0 bridgehead atoms. The zero-order valence-electron chi connectivity index (χ0n) is 15.4. The van der Waals surface area contributed by atoms with Crippen LogP contribution in [0.2, 0.25) is 0 Å². The number of halogens is 1. The standard InChI is InChI=1S/C20H23BrN2O3S/c1-22(2)18-9-3-15(4-10-18)13-23(19-11-12-27(25,26)14-19)20(24)16-5-7-17(21)8-6-16/h3-10,19H,11-14H2,1-2H3/t19-/m0/s1. The summed E-state index contributed by atoms with van der Waals surface area (Å²) in [6.45, 7) is 0.392. The lowest BCUT2D eigenvalue weighted by molar-refractivity contribution is 0.0681. The molecular weight excluding hydrogens is 428 g/mol. The third-order valence-electron chi connectivity index (χ3n) is 4.81. The Labute approximate surface area is 169 Å². The summed E-state index contributed by atoms with van der Waals surface area (Å²) in [5.74, 6) is 0.0353. The van der Waals surface area contributed by atoms with Crippen LogP contribution in [0.1, 0.15) is 22.3 Å². The second kappa shape index (κ2) is 8.02. The molecular formula is C20H23BrN2O3S. The molecule has 1 saturated heterocycles. The highest BCUT2D eigenvalue weighted by Crippen LogP contribution is 2.24. The predicted octanol–water partition coefficient (Wildman–Crippen LogP) is 3.34. The molecule has 2 aromatic carbocycles. The van der Waals surface area contributed by atoms with E-state index in [-0.39, 0.29) is 23.5 Å². The van der Waals surface area contributed by atoms with Gasteiger partial charge in [-0.25, -0.2) is 8.42 Å². The van der Waals surface area contributed by atoms with Crippen molar-refractivity contribution >= 4 is 37.4 Å². The first kappa shape index (κ1) is 19.9. The van der Waals surface area contributed by atoms with E-state index in [9.17, 15) is 13.2 Å². The number of hydrogen-bond donors (Lipinski definition) is 0. The number of carbonyl (C=O) groups is 1. The van der Waals surface area contributed by atoms with Crippen molar-refractivity contribution in [2.45, 2.75) is 19.0 Å². The Balaban J connectivity index is 1.87. The molecule has 1 amide bonds. The molecule has 2 aromatic rings. The highest BCUT2D eigenvalue weighted by molar-refractivity contribution is 9.10. The van der Waals surface area contributed by atoms with Gasteiger partial charge >= 0.3 is 0 Å². The van der Waals surface area contributed by atoms with Crippen molar-refractivity contribution < 1.29 is 13.2 Å². The molecule has 3 rings (SSSR count). The number of hydrogen-bond acceptors (Lipinski definition) is 4. The van der Waals surface area contributed by atoms with Gasteiger partial charge in [0.2, 0.25) is 0 Å². The van der Waals surface area contributed by atoms with Crippen LogP contribution in [-0.4, -0.2) is 50.9 Å². The summed E-state index contributed by atoms with van der Waals surface area (Å²) in [5, 5.41) is 0. The van der Waals surface area contributed by atoms with Gasteiger partial charge in [0.05, 0.1) is 11.5 Å². The van der Waals surface area contributed by atoms with E-state index in [0.717, 1.165) is 15.7 Å². The number of sulfone groups is 1. The number of anilines is 1. The molecule has 0 aliphatic carbocycles. The van der Waals surface area contributed by atoms with Crippen LogP contribution >= 0.6 is 15.9 Å². The molecule has 1 heterocycles. The molecule has 1 aliphatic rings. The largest absolute Gasteiger partial charge is 0.378 e. The lowest BCUT2D eigenvalue weighted by Gasteiger charge is -2.29. The fourth-order valence-electron chi connectivity index (χ4n) is 3.24. The molecule has 144 valence electrons. The molecule has 0 spiro atoms. The van der Waals surface area contributed by atoms with Gasteiger partial charge in [0.25, 0.3) is 5.91 Å². The topological polar surface area (TPSA) is 57.7 Å². The molecule has 0 radical (unpaired) electrons. The quantitative estimate of drug-likeness (QED) is 0.700. The number of nitrogens with zero attached hydrogens (tertiary/aromatic N) is 2. The van der Waals surface area contributed by atoms with Crippen LogP contribution in [0.4, 0.5) is 5.69 Å². The van der Waals surface area contributed by atoms with E-state index in [1.54, 1.807) is 17.0 Å². The summed E-state index contributed by atoms with van der Waals surface area (Å²) < 4.78 is 24.8. The Morgan fingerprint density at radius 1 is 1.07 bits per heavy atom. The first-order chi connectivity index (χ1) is 12.7. The summed E-state index contributed by atoms with van der Waals surface area (Å²) >= 11 is 3.38. The second-order valence-electron chi connectivity index (χ2n) is 7.06. The normalized spacial score (nSPS) is 18.3. The lowest BCUT2D eigenvalue weighted by atomic mass is 10.1. The maximum Gasteiger partial charge on any atom is 0.254 e. The second-order valence-corrected chi connectivity index (χ2v) is 10.2. The van der Waals surface area contributed by atoms with Crippen molar-refractivity contribution in [1.82, 2.24) is 4.90 Å². The first-order valence-corrected chi connectivity index (χ1v) is 11.4. The summed E-state index contributed by atoms with van der Waals surface area (Å²) in [6, 6.07) is 14.9. The van der Waals surface area contributed by atoms with Gasteiger partial charge in [-0.3, -0.25) is 4.79 Å². The van der Waals surface area contributed by atoms with Crippen LogP contribution in [0, 0.1) is 0 Å². The summed E-state index contributed by atoms with van der Waals surface area (Å²) in [7, 11) is 0.867. The van der Waals surface area contributed by atoms with Gasteiger partial charge in [0.15, 0.2) is 9.84 Å². The minimum absolute atomic E-state index is 0.0328. The van der Waals surface area contributed by atoms with E-state index in [1.165, 1.54) is 0 Å². The SMILES string of the molecule is CN(C)c1ccc(CN(C(=O)c2ccc(Br)cc2)[C@H]2CCS(=O)(=O)C2)cc1. The van der Waals surface area contributed by atoms with Gasteiger partial charge in [-0.05, 0) is 48.4 Å². The molecule has 7 heteroatoms. The Morgan fingerprint density at radius 3 is 2.22 bits per heavy atom. The van der Waals surface area contributed by atoms with Crippen LogP contribution in [0.5, 0.6) is 0 Å². The number of rotatable bonds is 5. The highest BCUT2D eigenvalue weighted by atomic mass is 79.9. The van der Waals surface area contributed by atoms with E-state index in [2.05, 4.69) is 15.9 Å². The van der Waals surface area contributed by atoms with Gasteiger partial charge in [-0.1, -0.05) is 28.1 Å². The van der Waals surface area contributed by atoms with Crippen molar-refractivity contribution in [3.63, 3.8) is 0 Å². The van der Waals surface area contributed by atoms with Gasteiger partial charge in [-0.2, -0.15) is 0 Å². The summed E-state index contributed by atoms with van der Waals surface area (Å²) in [4.78, 5) is 16.9. The van der Waals surface area contributed by atoms with Crippen molar-refractivity contribution in [2.24, 2.45) is 0 Å². The van der Waals surface area contributed by atoms with E-state index in [4.69, 9.17) is 0 Å². The van der Waals surface area contributed by atoms with Crippen molar-refractivity contribution in [3.8, 4) is 0 Å². The fourth-order valence-corrected chi connectivity index (χ4v) is 5.24. The van der Waals surface area contributed by atoms with Gasteiger partial charge < -0.3 is 9.80 Å². The molecule has 0 N–H and O–H groups in total. The van der Waals surface area contributed by atoms with Crippen LogP contribution in [0.3, 0.4) is 0 Å². The Kier molecular flexibility index (Phi) is 5.91. The summed E-state index contributed by atoms with van der Waals surface area (Å²) in [5.41, 5.74) is 2.62. The van der Waals surface area contributed by atoms with Crippen LogP contribution < -0.4 is 4.90 Å². The average Bonchev–Trinajstić information content (AvgIpc) is 2.99. The maximum absolute atomic E-state index is 13.1. The van der Waals surface area contributed by atoms with Gasteiger partial charge in [0.1, 0.15) is 0 Å². The molecule has 0 saturated carbocycles. The Bertz CT molecular complexity index is 909.